The van der Waals surface area contributed by atoms with E-state index in [1.165, 1.54) is 67.6 Å². The number of phenols is 3. The number of esters is 1. The molecule has 61 heavy (non-hydrogen) atoms. The number of benzene rings is 3. The zero-order valence-electron chi connectivity index (χ0n) is 32.0. The lowest BCUT2D eigenvalue weighted by Gasteiger charge is -2.42. The largest absolute Gasteiger partial charge is 0.508 e. The van der Waals surface area contributed by atoms with E-state index in [-0.39, 0.29) is 50.9 Å². The minimum atomic E-state index is -1.89. The summed E-state index contributed by atoms with van der Waals surface area (Å²) in [5, 5.41) is 126. The first-order chi connectivity index (χ1) is 29.0. The molecule has 12 N–H and O–H groups in total. The lowest BCUT2D eigenvalue weighted by Crippen LogP contribution is -2.61. The van der Waals surface area contributed by atoms with Gasteiger partial charge in [-0.25, -0.2) is 9.21 Å². The van der Waals surface area contributed by atoms with Gasteiger partial charge in [-0.15, -0.1) is 0 Å². The number of hydrogen-bond donors (Lipinski definition) is 12. The van der Waals surface area contributed by atoms with Crippen molar-refractivity contribution in [1.82, 2.24) is 0 Å². The maximum Gasteiger partial charge on any atom is 0.402 e. The summed E-state index contributed by atoms with van der Waals surface area (Å²) in [4.78, 5) is 12.5. The summed E-state index contributed by atoms with van der Waals surface area (Å²) < 4.78 is 45.7. The molecule has 330 valence electrons. The maximum atomic E-state index is 12.5. The molecule has 3 aliphatic heterocycles. The van der Waals surface area contributed by atoms with Gasteiger partial charge >= 0.3 is 17.3 Å². The smallest absolute Gasteiger partial charge is 0.402 e. The Morgan fingerprint density at radius 1 is 0.607 bits per heavy atom. The monoisotopic (exact) mass is 861 g/mol. The molecule has 1 aromatic heterocycles. The molecule has 0 bridgehead atoms. The highest BCUT2D eigenvalue weighted by atomic mass is 16.7. The Balaban J connectivity index is 1.12. The van der Waals surface area contributed by atoms with Crippen molar-refractivity contribution in [3.63, 3.8) is 0 Å². The minimum Gasteiger partial charge on any atom is -0.508 e. The van der Waals surface area contributed by atoms with Gasteiger partial charge in [-0.1, -0.05) is 0 Å². The van der Waals surface area contributed by atoms with Crippen LogP contribution in [0.1, 0.15) is 17.3 Å². The Kier molecular flexibility index (Phi) is 13.1. The number of ether oxygens (including phenoxy) is 7. The second-order valence-electron chi connectivity index (χ2n) is 14.8. The summed E-state index contributed by atoms with van der Waals surface area (Å²) in [6.07, 6.45) is -24.3. The van der Waals surface area contributed by atoms with Crippen LogP contribution in [0.2, 0.25) is 0 Å². The number of aliphatic hydroxyl groups excluding tert-OH is 9. The molecule has 0 amide bonds. The van der Waals surface area contributed by atoms with Crippen LogP contribution in [0.15, 0.2) is 71.1 Å². The number of aromatic hydroxyl groups is 3. The van der Waals surface area contributed by atoms with Gasteiger partial charge in [0, 0.05) is 12.1 Å². The lowest BCUT2D eigenvalue weighted by atomic mass is 9.98. The molecular formula is C40H45O21+. The molecule has 0 radical (unpaired) electrons. The van der Waals surface area contributed by atoms with E-state index in [0.717, 1.165) is 6.07 Å². The fourth-order valence-electron chi connectivity index (χ4n) is 6.89. The molecule has 3 saturated heterocycles. The molecule has 4 aromatic rings. The quantitative estimate of drug-likeness (QED) is 0.0608. The van der Waals surface area contributed by atoms with Crippen LogP contribution >= 0.6 is 0 Å². The first-order valence-electron chi connectivity index (χ1n) is 18.9. The summed E-state index contributed by atoms with van der Waals surface area (Å²) in [5.74, 6) is -1.99. The third kappa shape index (κ3) is 9.29. The van der Waals surface area contributed by atoms with Crippen molar-refractivity contribution in [3.8, 4) is 40.1 Å². The molecule has 21 heteroatoms. The van der Waals surface area contributed by atoms with E-state index in [2.05, 4.69) is 0 Å². The molecule has 21 nitrogen and oxygen atoms in total. The van der Waals surface area contributed by atoms with Crippen molar-refractivity contribution in [2.75, 3.05) is 13.2 Å². The van der Waals surface area contributed by atoms with Crippen molar-refractivity contribution in [2.24, 2.45) is 0 Å². The molecule has 0 aliphatic carbocycles. The van der Waals surface area contributed by atoms with E-state index >= 15 is 0 Å². The van der Waals surface area contributed by atoms with Crippen LogP contribution in [0.4, 0.5) is 0 Å². The normalized spacial score (nSPS) is 34.2. The predicted molar refractivity (Wildman–Crippen MR) is 201 cm³/mol. The number of hydrogen-bond acceptors (Lipinski definition) is 20. The van der Waals surface area contributed by atoms with Crippen LogP contribution in [0.5, 0.6) is 28.7 Å². The third-order valence-electron chi connectivity index (χ3n) is 10.5. The molecule has 0 spiro atoms. The molecule has 0 saturated carbocycles. The molecule has 6 unspecified atom stereocenters. The van der Waals surface area contributed by atoms with E-state index < -0.39 is 117 Å². The third-order valence-corrected chi connectivity index (χ3v) is 10.5. The van der Waals surface area contributed by atoms with Gasteiger partial charge in [-0.2, -0.15) is 0 Å². The number of phenolic OH excluding ortho intramolecular Hbond substituents is 3. The molecular weight excluding hydrogens is 816 g/mol. The van der Waals surface area contributed by atoms with Gasteiger partial charge in [0.2, 0.25) is 18.3 Å². The first kappa shape index (κ1) is 44.1. The fourth-order valence-corrected chi connectivity index (χ4v) is 6.89. The van der Waals surface area contributed by atoms with Crippen LogP contribution in [0, 0.1) is 0 Å². The van der Waals surface area contributed by atoms with Crippen LogP contribution in [0.25, 0.3) is 22.3 Å². The summed E-state index contributed by atoms with van der Waals surface area (Å²) in [6.45, 7) is 0.280. The number of aliphatic hydroxyl groups is 9. The average molecular weight is 862 g/mol. The second kappa shape index (κ2) is 18.2. The Labute approximate surface area is 344 Å². The standard InChI is InChI=1S/C40H44O21/c1-15-27(44)30(47)33(50)38(56-15)55-14-26-29(46)32(49)35(52)40(61-26)59-24-12-21-22(43)10-20(11-23(21)58-36(24)16-2-6-18(41)7-3-16)57-39-34(51)31(48)28(45)25(60-39)13-54-37(53)17-4-8-19(42)9-5-17/h2-12,15,25-35,38-40,44-52H,13-14H2,1H3,(H2-,41,42,43,53)/p+1/t15?,25?,26?,27-,28+,29+,30?,31-,32-,33-,34?,35?,38+,39+,40+/m0/s1. The van der Waals surface area contributed by atoms with E-state index in [0.29, 0.717) is 0 Å². The molecule has 3 fully saturated rings. The van der Waals surface area contributed by atoms with Crippen molar-refractivity contribution in [1.29, 1.82) is 0 Å². The average Bonchev–Trinajstić information content (AvgIpc) is 3.24. The number of rotatable bonds is 11. The summed E-state index contributed by atoms with van der Waals surface area (Å²) in [7, 11) is 0. The minimum absolute atomic E-state index is 0.0199. The van der Waals surface area contributed by atoms with Crippen LogP contribution in [-0.2, 0) is 23.7 Å². The Hall–Kier alpha value is -4.98. The van der Waals surface area contributed by atoms with Gasteiger partial charge in [0.05, 0.1) is 29.9 Å². The van der Waals surface area contributed by atoms with E-state index in [1.54, 1.807) is 0 Å². The SMILES string of the molecule is CC1O[C@@H](OCC2O[C@@H](Oc3cc4c(O)cc(O[C@@H]5OC(COC(=O)c6ccc(O)cc6)[C@@H](O)[C@H](O)C5O)cc4[o+]c3-c3ccc(O)cc3)C(O)[C@@H](O)[C@@H]2O)[C@@H](O)C(O)[C@H]1O. The van der Waals surface area contributed by atoms with E-state index in [9.17, 15) is 66.1 Å². The highest BCUT2D eigenvalue weighted by Gasteiger charge is 2.49. The Bertz CT molecular complexity index is 2140. The van der Waals surface area contributed by atoms with Crippen LogP contribution in [0.3, 0.4) is 0 Å². The van der Waals surface area contributed by atoms with Crippen LogP contribution in [-0.4, -0.2) is 173 Å². The van der Waals surface area contributed by atoms with Gasteiger partial charge < -0.3 is 94.4 Å². The van der Waals surface area contributed by atoms with E-state index in [1.807, 2.05) is 0 Å². The number of carbonyl (C=O) groups is 1. The molecule has 3 aromatic carbocycles. The van der Waals surface area contributed by atoms with Crippen LogP contribution < -0.4 is 9.47 Å². The predicted octanol–water partition coefficient (Wildman–Crippen LogP) is -1.43. The summed E-state index contributed by atoms with van der Waals surface area (Å²) >= 11 is 0. The Morgan fingerprint density at radius 3 is 1.77 bits per heavy atom. The lowest BCUT2D eigenvalue weighted by molar-refractivity contribution is -0.318. The highest BCUT2D eigenvalue weighted by molar-refractivity contribution is 5.90. The number of carbonyl (C=O) groups excluding carboxylic acids is 1. The van der Waals surface area contributed by atoms with E-state index in [4.69, 9.17) is 37.6 Å². The molecule has 7 rings (SSSR count). The highest BCUT2D eigenvalue weighted by Crippen LogP contribution is 2.42. The molecule has 3 aliphatic rings. The van der Waals surface area contributed by atoms with Gasteiger partial charge in [0.25, 0.3) is 0 Å². The summed E-state index contributed by atoms with van der Waals surface area (Å²) in [6, 6.07) is 14.3. The topological polar surface area (TPSA) is 336 Å². The number of fused-ring (bicyclic) bond motifs is 1. The molecule has 4 heterocycles. The first-order valence-corrected chi connectivity index (χ1v) is 18.9. The van der Waals surface area contributed by atoms with Gasteiger partial charge in [-0.3, -0.25) is 0 Å². The Morgan fingerprint density at radius 2 is 1.15 bits per heavy atom. The second-order valence-corrected chi connectivity index (χ2v) is 14.8. The zero-order chi connectivity index (χ0) is 43.9. The van der Waals surface area contributed by atoms with Gasteiger partial charge in [-0.05, 0) is 55.5 Å². The maximum absolute atomic E-state index is 12.5. The zero-order valence-corrected chi connectivity index (χ0v) is 32.0. The fraction of sp³-hybridized carbons (Fsp3) is 0.450. The van der Waals surface area contributed by atoms with Gasteiger partial charge in [0.15, 0.2) is 6.29 Å². The van der Waals surface area contributed by atoms with Crippen molar-refractivity contribution in [3.05, 3.63) is 72.3 Å². The van der Waals surface area contributed by atoms with Crippen molar-refractivity contribution >= 4 is 16.9 Å². The molecule has 15 atom stereocenters. The van der Waals surface area contributed by atoms with Crippen molar-refractivity contribution in [2.45, 2.75) is 99.0 Å². The summed E-state index contributed by atoms with van der Waals surface area (Å²) in [5.41, 5.74) is 0.277. The van der Waals surface area contributed by atoms with Crippen molar-refractivity contribution < 1.29 is 104 Å². The van der Waals surface area contributed by atoms with Gasteiger partial charge in [0.1, 0.15) is 102 Å².